The second-order valence-electron chi connectivity index (χ2n) is 9.45. The van der Waals surface area contributed by atoms with Gasteiger partial charge in [0.1, 0.15) is 17.2 Å². The Morgan fingerprint density at radius 2 is 1.83 bits per heavy atom. The lowest BCUT2D eigenvalue weighted by atomic mass is 10.1. The molecular formula is C31H24N8O2. The molecule has 1 atom stereocenters. The summed E-state index contributed by atoms with van der Waals surface area (Å²) in [7, 11) is 1.81. The molecule has 0 bridgehead atoms. The number of nitrogens with two attached hydrogens (primary N) is 1. The number of hydrogen-bond donors (Lipinski definition) is 2. The van der Waals surface area contributed by atoms with Crippen LogP contribution >= 0.6 is 0 Å². The topological polar surface area (TPSA) is 134 Å². The maximum absolute atomic E-state index is 14.2. The lowest BCUT2D eigenvalue weighted by Gasteiger charge is -2.20. The van der Waals surface area contributed by atoms with E-state index >= 15 is 0 Å². The van der Waals surface area contributed by atoms with Crippen molar-refractivity contribution >= 4 is 33.5 Å². The molecule has 6 rings (SSSR count). The summed E-state index contributed by atoms with van der Waals surface area (Å²) >= 11 is 0. The number of nitrogens with one attached hydrogen (secondary N) is 1. The molecule has 3 N–H and O–H groups in total. The average molecular weight is 541 g/mol. The van der Waals surface area contributed by atoms with E-state index < -0.39 is 11.9 Å². The van der Waals surface area contributed by atoms with Gasteiger partial charge in [-0.05, 0) is 43.3 Å². The Balaban J connectivity index is 1.48. The number of benzene rings is 2. The van der Waals surface area contributed by atoms with Crippen molar-refractivity contribution in [2.75, 3.05) is 5.73 Å². The number of para-hydroxylation sites is 1. The molecule has 4 heterocycles. The van der Waals surface area contributed by atoms with Crippen molar-refractivity contribution in [3.63, 3.8) is 0 Å². The van der Waals surface area contributed by atoms with Crippen LogP contribution < -0.4 is 16.6 Å². The molecule has 10 heteroatoms. The zero-order valence-electron chi connectivity index (χ0n) is 22.2. The molecular weight excluding hydrogens is 516 g/mol. The molecule has 6 aromatic rings. The van der Waals surface area contributed by atoms with Crippen molar-refractivity contribution in [2.45, 2.75) is 13.0 Å². The Morgan fingerprint density at radius 3 is 2.61 bits per heavy atom. The predicted octanol–water partition coefficient (Wildman–Crippen LogP) is 3.54. The van der Waals surface area contributed by atoms with E-state index in [1.807, 2.05) is 43.4 Å². The summed E-state index contributed by atoms with van der Waals surface area (Å²) in [5, 5.41) is 8.16. The van der Waals surface area contributed by atoms with Gasteiger partial charge >= 0.3 is 0 Å². The summed E-state index contributed by atoms with van der Waals surface area (Å²) < 4.78 is 3.17. The second kappa shape index (κ2) is 10.4. The molecule has 200 valence electrons. The van der Waals surface area contributed by atoms with E-state index in [4.69, 9.17) is 10.7 Å². The first-order valence-electron chi connectivity index (χ1n) is 12.8. The Bertz CT molecular complexity index is 2070. The lowest BCUT2D eigenvalue weighted by Crippen LogP contribution is -2.34. The van der Waals surface area contributed by atoms with Gasteiger partial charge in [0.05, 0.1) is 39.9 Å². The third-order valence-electron chi connectivity index (χ3n) is 6.62. The Hall–Kier alpha value is -5.82. The number of fused-ring (bicyclic) bond motifs is 2. The molecule has 1 unspecified atom stereocenters. The molecule has 0 fully saturated rings. The molecule has 4 aromatic heterocycles. The van der Waals surface area contributed by atoms with Crippen LogP contribution in [0.5, 0.6) is 0 Å². The fourth-order valence-electron chi connectivity index (χ4n) is 4.71. The summed E-state index contributed by atoms with van der Waals surface area (Å²) in [5.74, 6) is 6.11. The second-order valence-corrected chi connectivity index (χ2v) is 9.45. The van der Waals surface area contributed by atoms with Crippen molar-refractivity contribution in [1.29, 1.82) is 0 Å². The van der Waals surface area contributed by atoms with Crippen LogP contribution in [0, 0.1) is 11.8 Å². The van der Waals surface area contributed by atoms with Crippen LogP contribution in [-0.4, -0.2) is 35.2 Å². The zero-order valence-corrected chi connectivity index (χ0v) is 22.2. The Morgan fingerprint density at radius 1 is 1.00 bits per heavy atom. The minimum absolute atomic E-state index is 0.0599. The van der Waals surface area contributed by atoms with Crippen LogP contribution in [0.2, 0.25) is 0 Å². The maximum atomic E-state index is 14.2. The van der Waals surface area contributed by atoms with Crippen molar-refractivity contribution in [1.82, 2.24) is 34.6 Å². The number of aromatic nitrogens is 6. The van der Waals surface area contributed by atoms with Gasteiger partial charge in [0.15, 0.2) is 0 Å². The minimum Gasteiger partial charge on any atom is -0.383 e. The lowest BCUT2D eigenvalue weighted by molar-refractivity contribution is 0.0940. The van der Waals surface area contributed by atoms with Crippen LogP contribution in [0.25, 0.3) is 27.5 Å². The molecule has 0 radical (unpaired) electrons. The number of pyridine rings is 2. The van der Waals surface area contributed by atoms with E-state index in [1.165, 1.54) is 4.57 Å². The van der Waals surface area contributed by atoms with Crippen molar-refractivity contribution < 1.29 is 4.79 Å². The van der Waals surface area contributed by atoms with Crippen LogP contribution in [0.4, 0.5) is 5.82 Å². The van der Waals surface area contributed by atoms with E-state index in [1.54, 1.807) is 60.7 Å². The van der Waals surface area contributed by atoms with E-state index in [0.717, 1.165) is 5.56 Å². The molecule has 0 saturated heterocycles. The van der Waals surface area contributed by atoms with Gasteiger partial charge in [-0.25, -0.2) is 9.97 Å². The van der Waals surface area contributed by atoms with Gasteiger partial charge in [-0.3, -0.25) is 23.8 Å². The van der Waals surface area contributed by atoms with Crippen LogP contribution in [0.1, 0.15) is 40.3 Å². The van der Waals surface area contributed by atoms with Crippen LogP contribution in [0.15, 0.2) is 90.2 Å². The fraction of sp³-hybridized carbons (Fsp3) is 0.0968. The smallest absolute Gasteiger partial charge is 0.267 e. The molecule has 1 amide bonds. The van der Waals surface area contributed by atoms with E-state index in [9.17, 15) is 9.59 Å². The summed E-state index contributed by atoms with van der Waals surface area (Å²) in [6, 6.07) is 17.4. The fourth-order valence-corrected chi connectivity index (χ4v) is 4.71. The van der Waals surface area contributed by atoms with Gasteiger partial charge in [-0.1, -0.05) is 36.1 Å². The largest absolute Gasteiger partial charge is 0.383 e. The summed E-state index contributed by atoms with van der Waals surface area (Å²) in [5.41, 5.74) is 8.74. The molecule has 2 aromatic carbocycles. The van der Waals surface area contributed by atoms with E-state index in [0.29, 0.717) is 38.9 Å². The first-order valence-corrected chi connectivity index (χ1v) is 12.8. The number of nitrogens with zero attached hydrogens (tertiary/aromatic N) is 6. The SMILES string of the molecule is CC(NC(=O)c1c(N)ncc2cccnc12)c1nc2cccc(C#Cc3cnn(C)c3)c2c(=O)n1-c1ccccc1. The number of carbonyl (C=O) groups is 1. The Labute approximate surface area is 234 Å². The minimum atomic E-state index is -0.691. The van der Waals surface area contributed by atoms with Gasteiger partial charge in [-0.2, -0.15) is 5.10 Å². The highest BCUT2D eigenvalue weighted by atomic mass is 16.2. The van der Waals surface area contributed by atoms with Gasteiger partial charge < -0.3 is 11.1 Å². The number of amides is 1. The zero-order chi connectivity index (χ0) is 28.5. The van der Waals surface area contributed by atoms with Crippen molar-refractivity contribution in [2.24, 2.45) is 7.05 Å². The normalized spacial score (nSPS) is 11.7. The average Bonchev–Trinajstić information content (AvgIpc) is 3.40. The number of nitrogen functional groups attached to an aromatic ring is 1. The quantitative estimate of drug-likeness (QED) is 0.327. The molecule has 41 heavy (non-hydrogen) atoms. The molecule has 0 aliphatic carbocycles. The summed E-state index contributed by atoms with van der Waals surface area (Å²) in [6.07, 6.45) is 6.63. The highest BCUT2D eigenvalue weighted by molar-refractivity contribution is 6.09. The van der Waals surface area contributed by atoms with Gasteiger partial charge in [0.25, 0.3) is 11.5 Å². The number of aryl methyl sites for hydroxylation is 1. The third-order valence-corrected chi connectivity index (χ3v) is 6.62. The van der Waals surface area contributed by atoms with Crippen molar-refractivity contribution in [3.8, 4) is 17.5 Å². The maximum Gasteiger partial charge on any atom is 0.267 e. The summed E-state index contributed by atoms with van der Waals surface area (Å²) in [6.45, 7) is 1.76. The highest BCUT2D eigenvalue weighted by Crippen LogP contribution is 2.23. The van der Waals surface area contributed by atoms with Gasteiger partial charge in [0, 0.05) is 36.6 Å². The summed E-state index contributed by atoms with van der Waals surface area (Å²) in [4.78, 5) is 41.1. The van der Waals surface area contributed by atoms with Crippen LogP contribution in [0.3, 0.4) is 0 Å². The first kappa shape index (κ1) is 25.5. The predicted molar refractivity (Wildman–Crippen MR) is 156 cm³/mol. The number of carbonyl (C=O) groups excluding carboxylic acids is 1. The molecule has 0 aliphatic rings. The number of rotatable bonds is 4. The third kappa shape index (κ3) is 4.77. The first-order chi connectivity index (χ1) is 19.9. The van der Waals surface area contributed by atoms with E-state index in [2.05, 4.69) is 32.2 Å². The van der Waals surface area contributed by atoms with Crippen LogP contribution in [-0.2, 0) is 7.05 Å². The van der Waals surface area contributed by atoms with Gasteiger partial charge in [-0.15, -0.1) is 0 Å². The number of anilines is 1. The highest BCUT2D eigenvalue weighted by Gasteiger charge is 2.23. The number of hydrogen-bond acceptors (Lipinski definition) is 7. The monoisotopic (exact) mass is 540 g/mol. The molecule has 10 nitrogen and oxygen atoms in total. The molecule has 0 aliphatic heterocycles. The van der Waals surface area contributed by atoms with E-state index in [-0.39, 0.29) is 16.9 Å². The Kier molecular flexibility index (Phi) is 6.45. The standard InChI is InChI=1S/C31H24N8O2/c1-19(36-30(40)26-27-22(9-7-15-33-27)17-34-28(26)32)29-37-24-12-6-8-21(14-13-20-16-35-38(2)18-20)25(24)31(41)39(29)23-10-4-3-5-11-23/h3-12,15-19H,1-2H3,(H2,32,34)(H,36,40). The molecule has 0 saturated carbocycles. The van der Waals surface area contributed by atoms with Gasteiger partial charge in [0.2, 0.25) is 0 Å². The van der Waals surface area contributed by atoms with Crippen molar-refractivity contribution in [3.05, 3.63) is 118 Å². The molecule has 0 spiro atoms.